The lowest BCUT2D eigenvalue weighted by Gasteiger charge is -2.21. The number of nitrogens with one attached hydrogen (secondary N) is 2. The van der Waals surface area contributed by atoms with Gasteiger partial charge in [-0.2, -0.15) is 5.26 Å². The number of rotatable bonds is 4. The summed E-state index contributed by atoms with van der Waals surface area (Å²) in [5.74, 6) is 0.522. The molecule has 0 fully saturated rings. The highest BCUT2D eigenvalue weighted by atomic mass is 16.3. The Bertz CT molecular complexity index is 1300. The first-order chi connectivity index (χ1) is 16.4. The molecule has 0 amide bonds. The molecule has 7 nitrogen and oxygen atoms in total. The van der Waals surface area contributed by atoms with Crippen molar-refractivity contribution in [1.82, 2.24) is 14.9 Å². The van der Waals surface area contributed by atoms with Crippen LogP contribution in [0, 0.1) is 18.3 Å². The van der Waals surface area contributed by atoms with Crippen LogP contribution in [0.15, 0.2) is 36.5 Å². The topological polar surface area (TPSA) is 97.1 Å². The van der Waals surface area contributed by atoms with Crippen molar-refractivity contribution in [3.05, 3.63) is 64.3 Å². The first kappa shape index (κ1) is 22.3. The Kier molecular flexibility index (Phi) is 5.72. The monoisotopic (exact) mass is 454 g/mol. The summed E-state index contributed by atoms with van der Waals surface area (Å²) in [6.07, 6.45) is 3.84. The molecule has 0 saturated heterocycles. The maximum Gasteiger partial charge on any atom is 0.227 e. The van der Waals surface area contributed by atoms with E-state index in [-0.39, 0.29) is 6.61 Å². The number of nitriles is 1. The number of anilines is 3. The molecule has 3 aromatic rings. The Morgan fingerprint density at radius 1 is 1.21 bits per heavy atom. The third kappa shape index (κ3) is 4.00. The summed E-state index contributed by atoms with van der Waals surface area (Å²) in [6.45, 7) is 6.86. The smallest absolute Gasteiger partial charge is 0.227 e. The van der Waals surface area contributed by atoms with Gasteiger partial charge in [-0.25, -0.2) is 9.97 Å². The van der Waals surface area contributed by atoms with Gasteiger partial charge in [-0.1, -0.05) is 13.0 Å². The van der Waals surface area contributed by atoms with Gasteiger partial charge in [0.25, 0.3) is 0 Å². The number of benzene rings is 2. The fraction of sp³-hybridized carbons (Fsp3) is 0.370. The standard InChI is InChI=1S/C27H30N6O/c1-17-10-18-5-8-33(3)9-6-19(18)13-24(17)32-26-29-7-4-23(31-26)20-11-21(14-28)25-22(12-20)27(2,16-34)15-30-25/h4,7,10-13,30,34H,5-6,8-9,15-16H2,1-3H3,(H,29,31,32)/t27-/m1/s1. The first-order valence-electron chi connectivity index (χ1n) is 11.7. The molecule has 0 aliphatic carbocycles. The van der Waals surface area contributed by atoms with Gasteiger partial charge in [0.05, 0.1) is 23.6 Å². The van der Waals surface area contributed by atoms with E-state index >= 15 is 0 Å². The van der Waals surface area contributed by atoms with Gasteiger partial charge < -0.3 is 20.6 Å². The van der Waals surface area contributed by atoms with Crippen LogP contribution in [0.2, 0.25) is 0 Å². The average molecular weight is 455 g/mol. The lowest BCUT2D eigenvalue weighted by Crippen LogP contribution is -2.28. The Labute approximate surface area is 200 Å². The summed E-state index contributed by atoms with van der Waals surface area (Å²) in [6, 6.07) is 12.5. The molecule has 0 bridgehead atoms. The number of nitrogens with zero attached hydrogens (tertiary/aromatic N) is 4. The third-order valence-corrected chi connectivity index (χ3v) is 7.18. The minimum absolute atomic E-state index is 0.00526. The van der Waals surface area contributed by atoms with E-state index in [0.29, 0.717) is 18.1 Å². The van der Waals surface area contributed by atoms with Gasteiger partial charge in [-0.05, 0) is 73.3 Å². The third-order valence-electron chi connectivity index (χ3n) is 7.18. The molecule has 2 aromatic carbocycles. The van der Waals surface area contributed by atoms with Crippen LogP contribution in [-0.4, -0.2) is 53.3 Å². The zero-order valence-electron chi connectivity index (χ0n) is 19.9. The number of aryl methyl sites for hydroxylation is 1. The SMILES string of the molecule is Cc1cc2c(cc1Nc1nccc(-c3cc(C#N)c4c(c3)[C@@](C)(CO)CN4)n1)CCN(C)CC2. The second-order valence-electron chi connectivity index (χ2n) is 9.76. The van der Waals surface area contributed by atoms with Crippen molar-refractivity contribution < 1.29 is 5.11 Å². The van der Waals surface area contributed by atoms with Crippen molar-refractivity contribution in [1.29, 1.82) is 5.26 Å². The fourth-order valence-electron chi connectivity index (χ4n) is 4.91. The summed E-state index contributed by atoms with van der Waals surface area (Å²) in [7, 11) is 2.17. The molecule has 0 radical (unpaired) electrons. The van der Waals surface area contributed by atoms with Crippen molar-refractivity contribution in [2.75, 3.05) is 43.9 Å². The minimum Gasteiger partial charge on any atom is -0.395 e. The first-order valence-corrected chi connectivity index (χ1v) is 11.7. The van der Waals surface area contributed by atoms with Gasteiger partial charge in [0.15, 0.2) is 0 Å². The van der Waals surface area contributed by atoms with E-state index in [1.807, 2.05) is 25.1 Å². The van der Waals surface area contributed by atoms with E-state index < -0.39 is 5.41 Å². The molecular formula is C27H30N6O. The number of hydrogen-bond acceptors (Lipinski definition) is 7. The van der Waals surface area contributed by atoms with Crippen LogP contribution in [0.4, 0.5) is 17.3 Å². The van der Waals surface area contributed by atoms with E-state index in [4.69, 9.17) is 4.98 Å². The molecular weight excluding hydrogens is 424 g/mol. The lowest BCUT2D eigenvalue weighted by atomic mass is 9.83. The van der Waals surface area contributed by atoms with E-state index in [0.717, 1.165) is 54.1 Å². The molecule has 1 atom stereocenters. The molecule has 3 heterocycles. The largest absolute Gasteiger partial charge is 0.395 e. The molecule has 0 spiro atoms. The van der Waals surface area contributed by atoms with Gasteiger partial charge in [-0.15, -0.1) is 0 Å². The Morgan fingerprint density at radius 2 is 1.97 bits per heavy atom. The van der Waals surface area contributed by atoms with Crippen LogP contribution in [0.5, 0.6) is 0 Å². The number of hydrogen-bond donors (Lipinski definition) is 3. The maximum atomic E-state index is 9.99. The van der Waals surface area contributed by atoms with E-state index in [1.165, 1.54) is 16.7 Å². The van der Waals surface area contributed by atoms with Crippen molar-refractivity contribution in [3.63, 3.8) is 0 Å². The van der Waals surface area contributed by atoms with Gasteiger partial charge in [0.1, 0.15) is 6.07 Å². The highest BCUT2D eigenvalue weighted by Crippen LogP contribution is 2.41. The van der Waals surface area contributed by atoms with E-state index in [1.54, 1.807) is 6.20 Å². The number of aromatic nitrogens is 2. The van der Waals surface area contributed by atoms with Crippen LogP contribution in [0.25, 0.3) is 11.3 Å². The van der Waals surface area contributed by atoms with Gasteiger partial charge in [-0.3, -0.25) is 0 Å². The lowest BCUT2D eigenvalue weighted by molar-refractivity contribution is 0.219. The average Bonchev–Trinajstić information content (AvgIpc) is 3.09. The summed E-state index contributed by atoms with van der Waals surface area (Å²) >= 11 is 0. The van der Waals surface area contributed by atoms with Crippen LogP contribution < -0.4 is 10.6 Å². The Balaban J connectivity index is 1.48. The zero-order chi connectivity index (χ0) is 23.9. The summed E-state index contributed by atoms with van der Waals surface area (Å²) in [4.78, 5) is 11.6. The fourth-order valence-corrected chi connectivity index (χ4v) is 4.91. The molecule has 174 valence electrons. The number of aliphatic hydroxyl groups is 1. The highest BCUT2D eigenvalue weighted by Gasteiger charge is 2.36. The second-order valence-corrected chi connectivity index (χ2v) is 9.76. The normalized spacial score (nSPS) is 19.5. The predicted molar refractivity (Wildman–Crippen MR) is 134 cm³/mol. The van der Waals surface area contributed by atoms with Crippen LogP contribution in [-0.2, 0) is 18.3 Å². The van der Waals surface area contributed by atoms with E-state index in [2.05, 4.69) is 52.7 Å². The van der Waals surface area contributed by atoms with Crippen molar-refractivity contribution in [3.8, 4) is 17.3 Å². The van der Waals surface area contributed by atoms with Crippen molar-refractivity contribution in [2.24, 2.45) is 0 Å². The van der Waals surface area contributed by atoms with Gasteiger partial charge in [0, 0.05) is 42.5 Å². The highest BCUT2D eigenvalue weighted by molar-refractivity contribution is 5.76. The zero-order valence-corrected chi connectivity index (χ0v) is 19.9. The molecule has 2 aliphatic rings. The van der Waals surface area contributed by atoms with Crippen molar-refractivity contribution in [2.45, 2.75) is 32.1 Å². The van der Waals surface area contributed by atoms with Gasteiger partial charge >= 0.3 is 0 Å². The molecule has 3 N–H and O–H groups in total. The maximum absolute atomic E-state index is 9.99. The minimum atomic E-state index is -0.432. The Morgan fingerprint density at radius 3 is 2.71 bits per heavy atom. The quantitative estimate of drug-likeness (QED) is 0.552. The van der Waals surface area contributed by atoms with Crippen LogP contribution in [0.1, 0.15) is 34.7 Å². The number of aliphatic hydroxyl groups excluding tert-OH is 1. The van der Waals surface area contributed by atoms with Crippen LogP contribution in [0.3, 0.4) is 0 Å². The molecule has 2 aliphatic heterocycles. The van der Waals surface area contributed by atoms with Crippen molar-refractivity contribution >= 4 is 17.3 Å². The molecule has 5 rings (SSSR count). The summed E-state index contributed by atoms with van der Waals surface area (Å²) < 4.78 is 0. The van der Waals surface area contributed by atoms with E-state index in [9.17, 15) is 10.4 Å². The number of fused-ring (bicyclic) bond motifs is 2. The van der Waals surface area contributed by atoms with Gasteiger partial charge in [0.2, 0.25) is 5.95 Å². The summed E-state index contributed by atoms with van der Waals surface area (Å²) in [5.41, 5.74) is 8.44. The number of likely N-dealkylation sites (N-methyl/N-ethyl adjacent to an activating group) is 1. The molecule has 34 heavy (non-hydrogen) atoms. The molecule has 7 heteroatoms. The molecule has 0 saturated carbocycles. The summed E-state index contributed by atoms with van der Waals surface area (Å²) in [5, 5.41) is 26.4. The molecule has 1 aromatic heterocycles. The molecule has 0 unspecified atom stereocenters. The second kappa shape index (κ2) is 8.71. The predicted octanol–water partition coefficient (Wildman–Crippen LogP) is 3.77. The Hall–Kier alpha value is -3.47. The van der Waals surface area contributed by atoms with Crippen LogP contribution >= 0.6 is 0 Å².